The molecule has 0 amide bonds. The third-order valence-electron chi connectivity index (χ3n) is 4.66. The van der Waals surface area contributed by atoms with E-state index in [1.807, 2.05) is 18.2 Å². The highest BCUT2D eigenvalue weighted by Gasteiger charge is 2.34. The molecule has 0 aliphatic rings. The lowest BCUT2D eigenvalue weighted by molar-refractivity contribution is -0.137. The Morgan fingerprint density at radius 2 is 1.70 bits per heavy atom. The summed E-state index contributed by atoms with van der Waals surface area (Å²) < 4.78 is 40.0. The fraction of sp³-hybridized carbons (Fsp3) is 0.0870. The molecule has 0 radical (unpaired) electrons. The second-order valence-corrected chi connectivity index (χ2v) is 6.64. The van der Waals surface area contributed by atoms with Crippen LogP contribution in [-0.2, 0) is 12.7 Å². The van der Waals surface area contributed by atoms with Crippen LogP contribution in [0, 0.1) is 11.3 Å². The van der Waals surface area contributed by atoms with Crippen molar-refractivity contribution in [1.29, 1.82) is 5.26 Å². The Hall–Kier alpha value is -3.92. The molecule has 0 bridgehead atoms. The van der Waals surface area contributed by atoms with Crippen molar-refractivity contribution in [2.75, 3.05) is 5.32 Å². The van der Waals surface area contributed by atoms with Gasteiger partial charge in [0.25, 0.3) is 0 Å². The van der Waals surface area contributed by atoms with E-state index >= 15 is 0 Å². The van der Waals surface area contributed by atoms with Crippen molar-refractivity contribution in [3.63, 3.8) is 0 Å². The maximum atomic E-state index is 13.3. The van der Waals surface area contributed by atoms with Gasteiger partial charge in [0.2, 0.25) is 0 Å². The van der Waals surface area contributed by atoms with Crippen LogP contribution in [0.5, 0.6) is 0 Å². The van der Waals surface area contributed by atoms with Gasteiger partial charge in [-0.3, -0.25) is 0 Å². The number of anilines is 1. The quantitative estimate of drug-likeness (QED) is 0.467. The molecule has 7 heteroatoms. The van der Waals surface area contributed by atoms with Gasteiger partial charge in [0.15, 0.2) is 5.82 Å². The SMILES string of the molecule is N#Cc1ccc(CNc2cccc3nc(-c4ccccc4C(F)(F)F)ncc23)cc1. The lowest BCUT2D eigenvalue weighted by atomic mass is 10.1. The molecular weight excluding hydrogens is 389 g/mol. The standard InChI is InChI=1S/C23H15F3N4/c24-23(25,26)19-5-2-1-4-17(19)22-29-14-18-20(6-3-7-21(18)30-22)28-13-16-10-8-15(12-27)9-11-16/h1-11,14,28H,13H2. The first-order valence-corrected chi connectivity index (χ1v) is 9.11. The zero-order valence-corrected chi connectivity index (χ0v) is 15.6. The fourth-order valence-electron chi connectivity index (χ4n) is 3.16. The van der Waals surface area contributed by atoms with Crippen LogP contribution in [0.25, 0.3) is 22.3 Å². The van der Waals surface area contributed by atoms with Crippen LogP contribution in [0.2, 0.25) is 0 Å². The highest BCUT2D eigenvalue weighted by molar-refractivity contribution is 5.91. The van der Waals surface area contributed by atoms with Crippen LogP contribution in [0.4, 0.5) is 18.9 Å². The third-order valence-corrected chi connectivity index (χ3v) is 4.66. The van der Waals surface area contributed by atoms with Crippen molar-refractivity contribution in [3.05, 3.63) is 89.6 Å². The van der Waals surface area contributed by atoms with E-state index < -0.39 is 11.7 Å². The molecule has 30 heavy (non-hydrogen) atoms. The maximum absolute atomic E-state index is 13.3. The molecular formula is C23H15F3N4. The molecule has 0 fully saturated rings. The molecule has 0 saturated carbocycles. The molecule has 1 heterocycles. The Morgan fingerprint density at radius 3 is 2.43 bits per heavy atom. The molecule has 0 spiro atoms. The monoisotopic (exact) mass is 404 g/mol. The van der Waals surface area contributed by atoms with E-state index in [0.29, 0.717) is 23.0 Å². The molecule has 1 aromatic heterocycles. The smallest absolute Gasteiger partial charge is 0.380 e. The minimum absolute atomic E-state index is 0.0275. The second kappa shape index (κ2) is 7.84. The molecule has 3 aromatic carbocycles. The van der Waals surface area contributed by atoms with Gasteiger partial charge in [-0.05, 0) is 35.9 Å². The van der Waals surface area contributed by atoms with Crippen LogP contribution in [0.1, 0.15) is 16.7 Å². The zero-order valence-electron chi connectivity index (χ0n) is 15.6. The number of halogens is 3. The van der Waals surface area contributed by atoms with E-state index in [4.69, 9.17) is 5.26 Å². The Morgan fingerprint density at radius 1 is 0.933 bits per heavy atom. The number of benzene rings is 3. The summed E-state index contributed by atoms with van der Waals surface area (Å²) in [6, 6.07) is 20.0. The zero-order chi connectivity index (χ0) is 21.1. The molecule has 4 aromatic rings. The minimum Gasteiger partial charge on any atom is -0.380 e. The predicted molar refractivity (Wildman–Crippen MR) is 108 cm³/mol. The lowest BCUT2D eigenvalue weighted by Crippen LogP contribution is -2.08. The number of nitriles is 1. The van der Waals surface area contributed by atoms with Gasteiger partial charge in [-0.25, -0.2) is 9.97 Å². The number of nitrogens with one attached hydrogen (secondary N) is 1. The van der Waals surface area contributed by atoms with Crippen molar-refractivity contribution >= 4 is 16.6 Å². The molecule has 0 aliphatic heterocycles. The van der Waals surface area contributed by atoms with Crippen molar-refractivity contribution in [2.24, 2.45) is 0 Å². The second-order valence-electron chi connectivity index (χ2n) is 6.64. The van der Waals surface area contributed by atoms with Gasteiger partial charge in [-0.2, -0.15) is 18.4 Å². The number of alkyl halides is 3. The number of hydrogen-bond donors (Lipinski definition) is 1. The first-order valence-electron chi connectivity index (χ1n) is 9.11. The summed E-state index contributed by atoms with van der Waals surface area (Å²) in [6.07, 6.45) is -2.95. The molecule has 0 aliphatic carbocycles. The van der Waals surface area contributed by atoms with Crippen LogP contribution < -0.4 is 5.32 Å². The summed E-state index contributed by atoms with van der Waals surface area (Å²) in [5.41, 5.74) is 2.07. The molecule has 0 unspecified atom stereocenters. The lowest BCUT2D eigenvalue weighted by Gasteiger charge is -2.13. The van der Waals surface area contributed by atoms with Gasteiger partial charge in [0, 0.05) is 29.4 Å². The van der Waals surface area contributed by atoms with E-state index in [0.717, 1.165) is 17.3 Å². The topological polar surface area (TPSA) is 61.6 Å². The average Bonchev–Trinajstić information content (AvgIpc) is 2.77. The fourth-order valence-corrected chi connectivity index (χ4v) is 3.16. The van der Waals surface area contributed by atoms with Crippen molar-refractivity contribution in [3.8, 4) is 17.5 Å². The molecule has 0 saturated heterocycles. The number of nitrogens with zero attached hydrogens (tertiary/aromatic N) is 3. The van der Waals surface area contributed by atoms with Crippen molar-refractivity contribution < 1.29 is 13.2 Å². The Bertz CT molecular complexity index is 1240. The van der Waals surface area contributed by atoms with Crippen LogP contribution >= 0.6 is 0 Å². The Balaban J connectivity index is 1.65. The minimum atomic E-state index is -4.49. The van der Waals surface area contributed by atoms with Gasteiger partial charge in [-0.15, -0.1) is 0 Å². The third kappa shape index (κ3) is 3.94. The Labute approximate surface area is 170 Å². The van der Waals surface area contributed by atoms with Crippen molar-refractivity contribution in [1.82, 2.24) is 9.97 Å². The first-order chi connectivity index (χ1) is 14.5. The number of hydrogen-bond acceptors (Lipinski definition) is 4. The van der Waals surface area contributed by atoms with E-state index in [2.05, 4.69) is 21.4 Å². The predicted octanol–water partition coefficient (Wildman–Crippen LogP) is 5.80. The average molecular weight is 404 g/mol. The highest BCUT2D eigenvalue weighted by Crippen LogP contribution is 2.36. The summed E-state index contributed by atoms with van der Waals surface area (Å²) in [5, 5.41) is 12.9. The van der Waals surface area contributed by atoms with E-state index in [1.165, 1.54) is 24.4 Å². The molecule has 148 valence electrons. The van der Waals surface area contributed by atoms with Gasteiger partial charge in [-0.1, -0.05) is 36.4 Å². The van der Waals surface area contributed by atoms with Gasteiger partial charge >= 0.3 is 6.18 Å². The van der Waals surface area contributed by atoms with Gasteiger partial charge in [0.1, 0.15) is 0 Å². The molecule has 4 nitrogen and oxygen atoms in total. The van der Waals surface area contributed by atoms with E-state index in [1.54, 1.807) is 24.3 Å². The van der Waals surface area contributed by atoms with Crippen LogP contribution in [0.3, 0.4) is 0 Å². The van der Waals surface area contributed by atoms with E-state index in [9.17, 15) is 13.2 Å². The number of aromatic nitrogens is 2. The summed E-state index contributed by atoms with van der Waals surface area (Å²) >= 11 is 0. The number of rotatable bonds is 4. The molecule has 0 atom stereocenters. The Kier molecular flexibility index (Phi) is 5.07. The van der Waals surface area contributed by atoms with Crippen LogP contribution in [-0.4, -0.2) is 9.97 Å². The van der Waals surface area contributed by atoms with Crippen molar-refractivity contribution in [2.45, 2.75) is 12.7 Å². The maximum Gasteiger partial charge on any atom is 0.417 e. The number of fused-ring (bicyclic) bond motifs is 1. The van der Waals surface area contributed by atoms with Gasteiger partial charge in [0.05, 0.1) is 22.7 Å². The van der Waals surface area contributed by atoms with Crippen LogP contribution in [0.15, 0.2) is 72.9 Å². The van der Waals surface area contributed by atoms with E-state index in [-0.39, 0.29) is 11.4 Å². The summed E-state index contributed by atoms with van der Waals surface area (Å²) in [6.45, 7) is 0.517. The largest absolute Gasteiger partial charge is 0.417 e. The summed E-state index contributed by atoms with van der Waals surface area (Å²) in [7, 11) is 0. The normalized spacial score (nSPS) is 11.3. The molecule has 4 rings (SSSR count). The summed E-state index contributed by atoms with van der Waals surface area (Å²) in [4.78, 5) is 8.57. The summed E-state index contributed by atoms with van der Waals surface area (Å²) in [5.74, 6) is 0.0275. The van der Waals surface area contributed by atoms with Gasteiger partial charge < -0.3 is 5.32 Å². The molecule has 1 N–H and O–H groups in total. The first kappa shape index (κ1) is 19.4. The highest BCUT2D eigenvalue weighted by atomic mass is 19.4.